The Bertz CT molecular complexity index is 193. The van der Waals surface area contributed by atoms with Crippen LogP contribution in [0, 0.1) is 11.3 Å². The summed E-state index contributed by atoms with van der Waals surface area (Å²) in [4.78, 5) is 11.3. The van der Waals surface area contributed by atoms with Crippen molar-refractivity contribution < 1.29 is 4.79 Å². The standard InChI is InChI=1S/C10H16O/c1-8-6-4-5-7-10(8,3)9(2)11/h4-5,8H,6-7H2,1-3H3/t8-,10+/m0/s1. The molecule has 2 atom stereocenters. The molecule has 0 bridgehead atoms. The molecule has 0 spiro atoms. The summed E-state index contributed by atoms with van der Waals surface area (Å²) in [6.45, 7) is 5.93. The van der Waals surface area contributed by atoms with Crippen molar-refractivity contribution in [1.82, 2.24) is 0 Å². The van der Waals surface area contributed by atoms with Gasteiger partial charge in [0.1, 0.15) is 5.78 Å². The van der Waals surface area contributed by atoms with Crippen LogP contribution in [0.3, 0.4) is 0 Å². The van der Waals surface area contributed by atoms with E-state index in [1.165, 1.54) is 0 Å². The van der Waals surface area contributed by atoms with E-state index >= 15 is 0 Å². The fourth-order valence-electron chi connectivity index (χ4n) is 1.58. The molecule has 0 aromatic heterocycles. The maximum atomic E-state index is 11.3. The van der Waals surface area contributed by atoms with E-state index in [1.54, 1.807) is 6.92 Å². The van der Waals surface area contributed by atoms with Gasteiger partial charge in [0.05, 0.1) is 0 Å². The zero-order chi connectivity index (χ0) is 8.48. The van der Waals surface area contributed by atoms with Gasteiger partial charge >= 0.3 is 0 Å². The van der Waals surface area contributed by atoms with Crippen molar-refractivity contribution >= 4 is 5.78 Å². The first-order valence-corrected chi connectivity index (χ1v) is 4.23. The molecular weight excluding hydrogens is 136 g/mol. The summed E-state index contributed by atoms with van der Waals surface area (Å²) in [5, 5.41) is 0. The fourth-order valence-corrected chi connectivity index (χ4v) is 1.58. The average Bonchev–Trinajstić information content (AvgIpc) is 1.95. The summed E-state index contributed by atoms with van der Waals surface area (Å²) < 4.78 is 0. The van der Waals surface area contributed by atoms with Gasteiger partial charge in [0.15, 0.2) is 0 Å². The zero-order valence-electron chi connectivity index (χ0n) is 7.55. The molecule has 0 N–H and O–H groups in total. The molecule has 0 aromatic carbocycles. The molecule has 0 unspecified atom stereocenters. The van der Waals surface area contributed by atoms with Gasteiger partial charge in [-0.2, -0.15) is 0 Å². The Balaban J connectivity index is 2.84. The van der Waals surface area contributed by atoms with Crippen LogP contribution in [0.25, 0.3) is 0 Å². The van der Waals surface area contributed by atoms with Gasteiger partial charge in [-0.3, -0.25) is 4.79 Å². The molecule has 0 saturated carbocycles. The number of ketones is 1. The summed E-state index contributed by atoms with van der Waals surface area (Å²) in [5.41, 5.74) is -0.0885. The second-order valence-electron chi connectivity index (χ2n) is 3.79. The highest BCUT2D eigenvalue weighted by molar-refractivity contribution is 5.82. The minimum absolute atomic E-state index is 0.0885. The lowest BCUT2D eigenvalue weighted by Crippen LogP contribution is -2.33. The van der Waals surface area contributed by atoms with E-state index in [2.05, 4.69) is 26.0 Å². The Morgan fingerprint density at radius 2 is 2.18 bits per heavy atom. The molecule has 0 aromatic rings. The highest BCUT2D eigenvalue weighted by Gasteiger charge is 2.35. The fraction of sp³-hybridized carbons (Fsp3) is 0.700. The van der Waals surface area contributed by atoms with Crippen molar-refractivity contribution in [3.05, 3.63) is 12.2 Å². The molecule has 1 aliphatic carbocycles. The number of allylic oxidation sites excluding steroid dienone is 2. The van der Waals surface area contributed by atoms with Gasteiger partial charge in [-0.05, 0) is 25.7 Å². The van der Waals surface area contributed by atoms with Gasteiger partial charge in [-0.1, -0.05) is 26.0 Å². The van der Waals surface area contributed by atoms with Crippen LogP contribution in [0.4, 0.5) is 0 Å². The quantitative estimate of drug-likeness (QED) is 0.528. The van der Waals surface area contributed by atoms with E-state index < -0.39 is 0 Å². The third kappa shape index (κ3) is 1.37. The van der Waals surface area contributed by atoms with Gasteiger partial charge < -0.3 is 0 Å². The van der Waals surface area contributed by atoms with Crippen LogP contribution in [-0.4, -0.2) is 5.78 Å². The molecule has 0 amide bonds. The van der Waals surface area contributed by atoms with Gasteiger partial charge in [-0.25, -0.2) is 0 Å². The highest BCUT2D eigenvalue weighted by Crippen LogP contribution is 2.37. The van der Waals surface area contributed by atoms with Crippen LogP contribution in [0.5, 0.6) is 0 Å². The number of Topliss-reactive ketones (excluding diaryl/α,β-unsaturated/α-hetero) is 1. The first-order chi connectivity index (χ1) is 5.07. The molecule has 11 heavy (non-hydrogen) atoms. The molecule has 0 aliphatic heterocycles. The minimum atomic E-state index is -0.0885. The van der Waals surface area contributed by atoms with E-state index in [0.29, 0.717) is 11.7 Å². The van der Waals surface area contributed by atoms with Crippen molar-refractivity contribution in [3.8, 4) is 0 Å². The Labute approximate surface area is 68.5 Å². The predicted octanol–water partition coefficient (Wildman–Crippen LogP) is 2.57. The molecule has 0 saturated heterocycles. The number of hydrogen-bond donors (Lipinski definition) is 0. The monoisotopic (exact) mass is 152 g/mol. The van der Waals surface area contributed by atoms with Crippen molar-refractivity contribution in [2.24, 2.45) is 11.3 Å². The van der Waals surface area contributed by atoms with E-state index in [1.807, 2.05) is 0 Å². The SMILES string of the molecule is CC(=O)[C@]1(C)CC=CC[C@@H]1C. The van der Waals surface area contributed by atoms with Crippen LogP contribution >= 0.6 is 0 Å². The van der Waals surface area contributed by atoms with Crippen LogP contribution in [0.2, 0.25) is 0 Å². The minimum Gasteiger partial charge on any atom is -0.299 e. The molecule has 0 radical (unpaired) electrons. The third-order valence-corrected chi connectivity index (χ3v) is 3.09. The molecular formula is C10H16O. The summed E-state index contributed by atoms with van der Waals surface area (Å²) >= 11 is 0. The second kappa shape index (κ2) is 2.80. The number of hydrogen-bond acceptors (Lipinski definition) is 1. The lowest BCUT2D eigenvalue weighted by Gasteiger charge is -2.34. The number of carbonyl (C=O) groups excluding carboxylic acids is 1. The van der Waals surface area contributed by atoms with Crippen LogP contribution in [0.15, 0.2) is 12.2 Å². The summed E-state index contributed by atoms with van der Waals surface area (Å²) in [7, 11) is 0. The maximum Gasteiger partial charge on any atom is 0.136 e. The van der Waals surface area contributed by atoms with Crippen LogP contribution in [0.1, 0.15) is 33.6 Å². The first kappa shape index (κ1) is 8.51. The van der Waals surface area contributed by atoms with E-state index in [0.717, 1.165) is 12.8 Å². The zero-order valence-corrected chi connectivity index (χ0v) is 7.55. The van der Waals surface area contributed by atoms with Crippen molar-refractivity contribution in [2.45, 2.75) is 33.6 Å². The largest absolute Gasteiger partial charge is 0.299 e. The predicted molar refractivity (Wildman–Crippen MR) is 46.3 cm³/mol. The van der Waals surface area contributed by atoms with E-state index in [4.69, 9.17) is 0 Å². The Hall–Kier alpha value is -0.590. The second-order valence-corrected chi connectivity index (χ2v) is 3.79. The lowest BCUT2D eigenvalue weighted by atomic mass is 9.69. The normalized spacial score (nSPS) is 37.2. The molecule has 1 heteroatoms. The third-order valence-electron chi connectivity index (χ3n) is 3.09. The smallest absolute Gasteiger partial charge is 0.136 e. The van der Waals surface area contributed by atoms with Gasteiger partial charge in [0.2, 0.25) is 0 Å². The van der Waals surface area contributed by atoms with Gasteiger partial charge in [0.25, 0.3) is 0 Å². The summed E-state index contributed by atoms with van der Waals surface area (Å²) in [6, 6.07) is 0. The number of rotatable bonds is 1. The Morgan fingerprint density at radius 3 is 2.55 bits per heavy atom. The topological polar surface area (TPSA) is 17.1 Å². The molecule has 62 valence electrons. The molecule has 1 nitrogen and oxygen atoms in total. The van der Waals surface area contributed by atoms with Gasteiger partial charge in [0, 0.05) is 5.41 Å². The molecule has 1 aliphatic rings. The summed E-state index contributed by atoms with van der Waals surface area (Å²) in [5.74, 6) is 0.833. The maximum absolute atomic E-state index is 11.3. The summed E-state index contributed by atoms with van der Waals surface area (Å²) in [6.07, 6.45) is 6.27. The lowest BCUT2D eigenvalue weighted by molar-refractivity contribution is -0.128. The molecule has 0 fully saturated rings. The Kier molecular flexibility index (Phi) is 2.17. The Morgan fingerprint density at radius 1 is 1.55 bits per heavy atom. The molecule has 1 rings (SSSR count). The van der Waals surface area contributed by atoms with Crippen LogP contribution < -0.4 is 0 Å². The highest BCUT2D eigenvalue weighted by atomic mass is 16.1. The van der Waals surface area contributed by atoms with Crippen molar-refractivity contribution in [1.29, 1.82) is 0 Å². The van der Waals surface area contributed by atoms with Crippen molar-refractivity contribution in [2.75, 3.05) is 0 Å². The molecule has 0 heterocycles. The number of carbonyl (C=O) groups is 1. The van der Waals surface area contributed by atoms with E-state index in [9.17, 15) is 4.79 Å². The average molecular weight is 152 g/mol. The van der Waals surface area contributed by atoms with Gasteiger partial charge in [-0.15, -0.1) is 0 Å². The first-order valence-electron chi connectivity index (χ1n) is 4.23. The van der Waals surface area contributed by atoms with Crippen LogP contribution in [-0.2, 0) is 4.79 Å². The van der Waals surface area contributed by atoms with E-state index in [-0.39, 0.29) is 5.41 Å². The van der Waals surface area contributed by atoms with Crippen molar-refractivity contribution in [3.63, 3.8) is 0 Å².